The number of pyridine rings is 1. The molecule has 2 aromatic carbocycles. The Morgan fingerprint density at radius 3 is 2.55 bits per heavy atom. The van der Waals surface area contributed by atoms with Gasteiger partial charge in [-0.1, -0.05) is 35.0 Å². The molecule has 1 unspecified atom stereocenters. The number of carbonyl (C=O) groups is 1. The van der Waals surface area contributed by atoms with E-state index in [0.29, 0.717) is 11.4 Å². The van der Waals surface area contributed by atoms with E-state index in [0.717, 1.165) is 17.5 Å². The van der Waals surface area contributed by atoms with Gasteiger partial charge in [-0.3, -0.25) is 9.78 Å². The van der Waals surface area contributed by atoms with Crippen molar-refractivity contribution < 1.29 is 14.0 Å². The average molecular weight is 410 g/mol. The van der Waals surface area contributed by atoms with Gasteiger partial charge in [0.1, 0.15) is 5.82 Å². The van der Waals surface area contributed by atoms with E-state index in [2.05, 4.69) is 15.5 Å². The number of aromatic nitrogens is 1. The summed E-state index contributed by atoms with van der Waals surface area (Å²) in [5.74, 6) is -0.844. The molecule has 0 aliphatic carbocycles. The molecular weight excluding hydrogens is 393 g/mol. The highest BCUT2D eigenvalue weighted by molar-refractivity contribution is 6.34. The van der Waals surface area contributed by atoms with Crippen molar-refractivity contribution >= 4 is 28.9 Å². The first-order chi connectivity index (χ1) is 14.1. The number of amides is 1. The number of nitrogens with zero attached hydrogens (tertiary/aromatic N) is 2. The second-order valence-electron chi connectivity index (χ2n) is 6.65. The summed E-state index contributed by atoms with van der Waals surface area (Å²) >= 11 is 6.06. The lowest BCUT2D eigenvalue weighted by Gasteiger charge is -2.10. The lowest BCUT2D eigenvalue weighted by atomic mass is 10.0. The zero-order valence-corrected chi connectivity index (χ0v) is 16.1. The molecule has 1 aliphatic rings. The molecule has 1 N–H and O–H groups in total. The number of nitrogens with one attached hydrogen (secondary N) is 1. The summed E-state index contributed by atoms with van der Waals surface area (Å²) in [6.45, 7) is 0. The van der Waals surface area contributed by atoms with E-state index < -0.39 is 11.9 Å². The van der Waals surface area contributed by atoms with Crippen LogP contribution in [0.2, 0.25) is 5.02 Å². The maximum Gasteiger partial charge on any atom is 0.268 e. The summed E-state index contributed by atoms with van der Waals surface area (Å²) in [5.41, 5.74) is 3.42. The Morgan fingerprint density at radius 1 is 1.10 bits per heavy atom. The third-order valence-corrected chi connectivity index (χ3v) is 4.91. The molecule has 1 amide bonds. The maximum absolute atomic E-state index is 14.0. The van der Waals surface area contributed by atoms with Crippen LogP contribution in [0.15, 0.2) is 72.1 Å². The van der Waals surface area contributed by atoms with Crippen LogP contribution < -0.4 is 5.32 Å². The second-order valence-corrected chi connectivity index (χ2v) is 7.06. The molecule has 3 aromatic rings. The minimum absolute atomic E-state index is 0.145. The van der Waals surface area contributed by atoms with Gasteiger partial charge in [0.25, 0.3) is 5.91 Å². The number of oxime groups is 1. The molecule has 5 nitrogen and oxygen atoms in total. The van der Waals surface area contributed by atoms with Gasteiger partial charge >= 0.3 is 0 Å². The van der Waals surface area contributed by atoms with E-state index in [1.54, 1.807) is 18.5 Å². The topological polar surface area (TPSA) is 63.6 Å². The molecular formula is C22H17ClFN3O2. The molecule has 0 spiro atoms. The summed E-state index contributed by atoms with van der Waals surface area (Å²) in [6.07, 6.45) is 3.61. The van der Waals surface area contributed by atoms with Gasteiger partial charge in [0.05, 0.1) is 16.3 Å². The molecule has 0 radical (unpaired) electrons. The predicted molar refractivity (Wildman–Crippen MR) is 110 cm³/mol. The second kappa shape index (κ2) is 8.41. The highest BCUT2D eigenvalue weighted by atomic mass is 35.5. The highest BCUT2D eigenvalue weighted by Crippen LogP contribution is 2.26. The Balaban J connectivity index is 1.37. The van der Waals surface area contributed by atoms with Gasteiger partial charge in [-0.2, -0.15) is 0 Å². The normalized spacial score (nSPS) is 15.5. The molecule has 146 valence electrons. The summed E-state index contributed by atoms with van der Waals surface area (Å²) in [5, 5.41) is 6.90. The van der Waals surface area contributed by atoms with Crippen molar-refractivity contribution in [1.82, 2.24) is 4.98 Å². The quantitative estimate of drug-likeness (QED) is 0.670. The highest BCUT2D eigenvalue weighted by Gasteiger charge is 2.31. The van der Waals surface area contributed by atoms with Crippen LogP contribution in [0.3, 0.4) is 0 Å². The third-order valence-electron chi connectivity index (χ3n) is 4.59. The number of carbonyl (C=O) groups excluding carboxylic acids is 1. The molecule has 1 atom stereocenters. The molecule has 0 saturated carbocycles. The fraction of sp³-hybridized carbons (Fsp3) is 0.136. The SMILES string of the molecule is O=C(Nc1ccc(Cc2ccncc2)cc1)C1CC(c2c(F)cccc2Cl)=NO1. The van der Waals surface area contributed by atoms with E-state index in [9.17, 15) is 9.18 Å². The summed E-state index contributed by atoms with van der Waals surface area (Å²) in [7, 11) is 0. The van der Waals surface area contributed by atoms with Crippen molar-refractivity contribution in [3.05, 3.63) is 94.5 Å². The van der Waals surface area contributed by atoms with Crippen molar-refractivity contribution in [1.29, 1.82) is 0 Å². The minimum atomic E-state index is -0.836. The Labute approximate surface area is 172 Å². The van der Waals surface area contributed by atoms with Gasteiger partial charge in [0, 0.05) is 24.5 Å². The molecule has 0 bridgehead atoms. The molecule has 2 heterocycles. The van der Waals surface area contributed by atoms with Crippen LogP contribution in [0.25, 0.3) is 0 Å². The van der Waals surface area contributed by atoms with E-state index >= 15 is 0 Å². The Kier molecular flexibility index (Phi) is 5.53. The van der Waals surface area contributed by atoms with Gasteiger partial charge in [0.15, 0.2) is 0 Å². The molecule has 7 heteroatoms. The number of rotatable bonds is 5. The van der Waals surface area contributed by atoms with Crippen LogP contribution in [0.5, 0.6) is 0 Å². The Bertz CT molecular complexity index is 1040. The largest absolute Gasteiger partial charge is 0.382 e. The maximum atomic E-state index is 14.0. The Hall–Kier alpha value is -3.25. The number of hydrogen-bond donors (Lipinski definition) is 1. The van der Waals surface area contributed by atoms with Gasteiger partial charge in [0.2, 0.25) is 6.10 Å². The summed E-state index contributed by atoms with van der Waals surface area (Å²) in [4.78, 5) is 21.7. The molecule has 0 saturated heterocycles. The molecule has 0 fully saturated rings. The van der Waals surface area contributed by atoms with Crippen LogP contribution in [0.1, 0.15) is 23.1 Å². The van der Waals surface area contributed by atoms with E-state index in [4.69, 9.17) is 16.4 Å². The average Bonchev–Trinajstić information content (AvgIpc) is 3.20. The van der Waals surface area contributed by atoms with Gasteiger partial charge in [-0.05, 0) is 53.9 Å². The fourth-order valence-corrected chi connectivity index (χ4v) is 3.38. The van der Waals surface area contributed by atoms with E-state index in [1.165, 1.54) is 12.1 Å². The zero-order chi connectivity index (χ0) is 20.2. The Morgan fingerprint density at radius 2 is 1.83 bits per heavy atom. The first-order valence-corrected chi connectivity index (χ1v) is 9.44. The van der Waals surface area contributed by atoms with Crippen LogP contribution in [-0.4, -0.2) is 22.7 Å². The smallest absolute Gasteiger partial charge is 0.268 e. The molecule has 29 heavy (non-hydrogen) atoms. The number of anilines is 1. The standard InChI is InChI=1S/C22H17ClFN3O2/c23-17-2-1-3-18(24)21(17)19-13-20(29-27-19)22(28)26-16-6-4-14(5-7-16)12-15-8-10-25-11-9-15/h1-11,20H,12-13H2,(H,26,28). The van der Waals surface area contributed by atoms with Gasteiger partial charge in [-0.15, -0.1) is 0 Å². The van der Waals surface area contributed by atoms with Crippen molar-refractivity contribution in [2.45, 2.75) is 18.9 Å². The zero-order valence-electron chi connectivity index (χ0n) is 15.3. The number of halogens is 2. The minimum Gasteiger partial charge on any atom is -0.382 e. The van der Waals surface area contributed by atoms with Crippen molar-refractivity contribution in [3.63, 3.8) is 0 Å². The van der Waals surface area contributed by atoms with Crippen LogP contribution in [0, 0.1) is 5.82 Å². The lowest BCUT2D eigenvalue weighted by molar-refractivity contribution is -0.125. The summed E-state index contributed by atoms with van der Waals surface area (Å²) in [6, 6.07) is 15.9. The fourth-order valence-electron chi connectivity index (χ4n) is 3.10. The monoisotopic (exact) mass is 409 g/mol. The first kappa shape index (κ1) is 19.1. The summed E-state index contributed by atoms with van der Waals surface area (Å²) < 4.78 is 14.0. The molecule has 4 rings (SSSR count). The predicted octanol–water partition coefficient (Wildman–Crippen LogP) is 4.60. The van der Waals surface area contributed by atoms with E-state index in [-0.39, 0.29) is 22.9 Å². The van der Waals surface area contributed by atoms with Crippen molar-refractivity contribution in [2.24, 2.45) is 5.16 Å². The van der Waals surface area contributed by atoms with Crippen molar-refractivity contribution in [2.75, 3.05) is 5.32 Å². The number of benzene rings is 2. The van der Waals surface area contributed by atoms with Crippen LogP contribution in [0.4, 0.5) is 10.1 Å². The van der Waals surface area contributed by atoms with Crippen molar-refractivity contribution in [3.8, 4) is 0 Å². The van der Waals surface area contributed by atoms with Crippen LogP contribution in [-0.2, 0) is 16.1 Å². The lowest BCUT2D eigenvalue weighted by Crippen LogP contribution is -2.28. The van der Waals surface area contributed by atoms with Crippen LogP contribution >= 0.6 is 11.6 Å². The first-order valence-electron chi connectivity index (χ1n) is 9.06. The van der Waals surface area contributed by atoms with Gasteiger partial charge in [-0.25, -0.2) is 4.39 Å². The van der Waals surface area contributed by atoms with Gasteiger partial charge < -0.3 is 10.2 Å². The van der Waals surface area contributed by atoms with E-state index in [1.807, 2.05) is 36.4 Å². The number of hydrogen-bond acceptors (Lipinski definition) is 4. The molecule has 1 aromatic heterocycles. The molecule has 1 aliphatic heterocycles. The third kappa shape index (κ3) is 4.43.